The fourth-order valence-corrected chi connectivity index (χ4v) is 5.57. The summed E-state index contributed by atoms with van der Waals surface area (Å²) in [7, 11) is 1.64. The van der Waals surface area contributed by atoms with E-state index in [1.54, 1.807) is 7.11 Å². The first-order valence-electron chi connectivity index (χ1n) is 13.3. The number of fused-ring (bicyclic) bond motifs is 1. The molecule has 2 saturated heterocycles. The maximum absolute atomic E-state index is 13.5. The number of rotatable bonds is 8. The Morgan fingerprint density at radius 3 is 2.71 bits per heavy atom. The Balaban J connectivity index is 1.33. The summed E-state index contributed by atoms with van der Waals surface area (Å²) in [6, 6.07) is 17.8. The Kier molecular flexibility index (Phi) is 7.17. The molecule has 0 aliphatic carbocycles. The van der Waals surface area contributed by atoms with Crippen molar-refractivity contribution in [2.45, 2.75) is 38.1 Å². The lowest BCUT2D eigenvalue weighted by Crippen LogP contribution is -2.48. The largest absolute Gasteiger partial charge is 0.497 e. The summed E-state index contributed by atoms with van der Waals surface area (Å²) in [5, 5.41) is 13.7. The molecule has 0 saturated carbocycles. The van der Waals surface area contributed by atoms with Crippen LogP contribution in [0.25, 0.3) is 10.9 Å². The molecular formula is C28H33N7O3. The molecule has 2 aliphatic rings. The lowest BCUT2D eigenvalue weighted by molar-refractivity contribution is 0.0840. The number of pyridine rings is 1. The third kappa shape index (κ3) is 5.20. The Bertz CT molecular complexity index is 1420. The molecule has 4 heterocycles. The minimum atomic E-state index is -0.385. The quantitative estimate of drug-likeness (QED) is 0.382. The highest BCUT2D eigenvalue weighted by Crippen LogP contribution is 2.29. The third-order valence-corrected chi connectivity index (χ3v) is 7.60. The van der Waals surface area contributed by atoms with E-state index < -0.39 is 0 Å². The van der Waals surface area contributed by atoms with Crippen molar-refractivity contribution in [2.24, 2.45) is 0 Å². The Labute approximate surface area is 221 Å². The van der Waals surface area contributed by atoms with Gasteiger partial charge in [0.2, 0.25) is 0 Å². The van der Waals surface area contributed by atoms with Gasteiger partial charge in [0.15, 0.2) is 5.82 Å². The molecule has 2 aromatic heterocycles. The van der Waals surface area contributed by atoms with Gasteiger partial charge in [-0.2, -0.15) is 0 Å². The molecule has 2 aliphatic heterocycles. The topological polar surface area (TPSA) is 101 Å². The van der Waals surface area contributed by atoms with Crippen molar-refractivity contribution >= 4 is 10.9 Å². The fraction of sp³-hybridized carbons (Fsp3) is 0.429. The van der Waals surface area contributed by atoms with E-state index in [-0.39, 0.29) is 17.7 Å². The number of ether oxygens (including phenoxy) is 2. The summed E-state index contributed by atoms with van der Waals surface area (Å²) in [5.41, 5.74) is 2.57. The molecule has 2 fully saturated rings. The minimum absolute atomic E-state index is 0.0831. The molecule has 2 atom stereocenters. The summed E-state index contributed by atoms with van der Waals surface area (Å²) in [6.07, 6.45) is 2.11. The summed E-state index contributed by atoms with van der Waals surface area (Å²) < 4.78 is 13.1. The van der Waals surface area contributed by atoms with Gasteiger partial charge in [-0.3, -0.25) is 14.6 Å². The molecule has 4 aromatic rings. The van der Waals surface area contributed by atoms with Crippen LogP contribution in [0.3, 0.4) is 0 Å². The second kappa shape index (κ2) is 11.0. The van der Waals surface area contributed by atoms with Crippen LogP contribution in [-0.2, 0) is 17.8 Å². The second-order valence-corrected chi connectivity index (χ2v) is 10.1. The molecule has 1 N–H and O–H groups in total. The van der Waals surface area contributed by atoms with Crippen molar-refractivity contribution in [3.63, 3.8) is 0 Å². The van der Waals surface area contributed by atoms with Gasteiger partial charge in [-0.05, 0) is 53.1 Å². The third-order valence-electron chi connectivity index (χ3n) is 7.60. The molecule has 0 bridgehead atoms. The molecule has 198 valence electrons. The zero-order valence-corrected chi connectivity index (χ0v) is 21.6. The van der Waals surface area contributed by atoms with Crippen LogP contribution >= 0.6 is 0 Å². The van der Waals surface area contributed by atoms with E-state index in [1.165, 1.54) is 5.56 Å². The van der Waals surface area contributed by atoms with Crippen LogP contribution in [0.1, 0.15) is 35.8 Å². The molecule has 38 heavy (non-hydrogen) atoms. The van der Waals surface area contributed by atoms with Crippen LogP contribution in [0.2, 0.25) is 0 Å². The number of tetrazole rings is 1. The Hall–Kier alpha value is -3.60. The maximum atomic E-state index is 13.5. The van der Waals surface area contributed by atoms with Crippen LogP contribution in [0.15, 0.2) is 59.4 Å². The molecule has 0 amide bonds. The van der Waals surface area contributed by atoms with E-state index in [1.807, 2.05) is 35.0 Å². The first-order chi connectivity index (χ1) is 18.7. The lowest BCUT2D eigenvalue weighted by Gasteiger charge is -2.38. The average Bonchev–Trinajstić information content (AvgIpc) is 3.63. The zero-order chi connectivity index (χ0) is 25.9. The van der Waals surface area contributed by atoms with Crippen LogP contribution in [-0.4, -0.2) is 81.0 Å². The number of methoxy groups -OCH3 is 1. The number of hydrogen-bond acceptors (Lipinski definition) is 8. The highest BCUT2D eigenvalue weighted by atomic mass is 16.5. The van der Waals surface area contributed by atoms with Gasteiger partial charge >= 0.3 is 0 Å². The monoisotopic (exact) mass is 515 g/mol. The molecular weight excluding hydrogens is 482 g/mol. The van der Waals surface area contributed by atoms with E-state index >= 15 is 0 Å². The van der Waals surface area contributed by atoms with Gasteiger partial charge < -0.3 is 14.5 Å². The van der Waals surface area contributed by atoms with Gasteiger partial charge in [-0.15, -0.1) is 5.10 Å². The van der Waals surface area contributed by atoms with Crippen molar-refractivity contribution in [3.05, 3.63) is 81.9 Å². The molecule has 10 heteroatoms. The van der Waals surface area contributed by atoms with Crippen LogP contribution in [0.5, 0.6) is 5.75 Å². The number of nitrogens with zero attached hydrogens (tertiary/aromatic N) is 6. The van der Waals surface area contributed by atoms with E-state index in [9.17, 15) is 4.79 Å². The standard InChI is InChI=1S/C28H33N7O3/c1-37-22-9-10-25-21(16-22)17-24(28(36)29-25)26(27-30-31-32-35(27)19-23-8-5-15-38-23)34-13-11-33(12-14-34)18-20-6-3-2-4-7-20/h2-4,6-7,9-10,16-17,23,26H,5,8,11-15,18-19H2,1H3,(H,29,36)/t23-,26-/m0/s1. The molecule has 0 unspecified atom stereocenters. The average molecular weight is 516 g/mol. The second-order valence-electron chi connectivity index (χ2n) is 10.1. The van der Waals surface area contributed by atoms with Crippen molar-refractivity contribution < 1.29 is 9.47 Å². The van der Waals surface area contributed by atoms with E-state index in [0.717, 1.165) is 68.8 Å². The van der Waals surface area contributed by atoms with Crippen molar-refractivity contribution in [1.29, 1.82) is 0 Å². The van der Waals surface area contributed by atoms with Crippen molar-refractivity contribution in [3.8, 4) is 5.75 Å². The van der Waals surface area contributed by atoms with Crippen LogP contribution in [0.4, 0.5) is 0 Å². The predicted molar refractivity (Wildman–Crippen MR) is 143 cm³/mol. The van der Waals surface area contributed by atoms with Gasteiger partial charge in [0, 0.05) is 55.8 Å². The Morgan fingerprint density at radius 2 is 1.95 bits per heavy atom. The van der Waals surface area contributed by atoms with E-state index in [2.05, 4.69) is 54.6 Å². The minimum Gasteiger partial charge on any atom is -0.497 e. The summed E-state index contributed by atoms with van der Waals surface area (Å²) in [4.78, 5) is 21.4. The number of piperazine rings is 1. The van der Waals surface area contributed by atoms with Gasteiger partial charge in [0.25, 0.3) is 5.56 Å². The van der Waals surface area contributed by atoms with Crippen LogP contribution < -0.4 is 10.3 Å². The molecule has 6 rings (SSSR count). The number of nitrogens with one attached hydrogen (secondary N) is 1. The van der Waals surface area contributed by atoms with E-state index in [4.69, 9.17) is 9.47 Å². The number of H-pyrrole nitrogens is 1. The zero-order valence-electron chi connectivity index (χ0n) is 21.6. The predicted octanol–water partition coefficient (Wildman–Crippen LogP) is 2.61. The number of aromatic amines is 1. The highest BCUT2D eigenvalue weighted by molar-refractivity contribution is 5.80. The van der Waals surface area contributed by atoms with E-state index in [0.29, 0.717) is 17.9 Å². The maximum Gasteiger partial charge on any atom is 0.253 e. The normalized spacial score (nSPS) is 19.7. The summed E-state index contributed by atoms with van der Waals surface area (Å²) >= 11 is 0. The summed E-state index contributed by atoms with van der Waals surface area (Å²) in [5.74, 6) is 1.41. The van der Waals surface area contributed by atoms with Crippen molar-refractivity contribution in [2.75, 3.05) is 39.9 Å². The molecule has 2 aromatic carbocycles. The molecule has 0 radical (unpaired) electrons. The summed E-state index contributed by atoms with van der Waals surface area (Å²) in [6.45, 7) is 5.61. The highest BCUT2D eigenvalue weighted by Gasteiger charge is 2.33. The molecule has 0 spiro atoms. The van der Waals surface area contributed by atoms with Gasteiger partial charge in [-0.1, -0.05) is 30.3 Å². The Morgan fingerprint density at radius 1 is 1.11 bits per heavy atom. The van der Waals surface area contributed by atoms with Gasteiger partial charge in [0.1, 0.15) is 11.8 Å². The SMILES string of the molecule is COc1ccc2[nH]c(=O)c([C@@H](c3nnnn3C[C@@H]3CCCO3)N3CCN(Cc4ccccc4)CC3)cc2c1. The van der Waals surface area contributed by atoms with Crippen molar-refractivity contribution in [1.82, 2.24) is 35.0 Å². The lowest BCUT2D eigenvalue weighted by atomic mass is 10.0. The molecule has 10 nitrogen and oxygen atoms in total. The first-order valence-corrected chi connectivity index (χ1v) is 13.3. The van der Waals surface area contributed by atoms with Gasteiger partial charge in [-0.25, -0.2) is 4.68 Å². The first kappa shape index (κ1) is 24.7. The number of aromatic nitrogens is 5. The number of benzene rings is 2. The number of hydrogen-bond donors (Lipinski definition) is 1. The fourth-order valence-electron chi connectivity index (χ4n) is 5.57. The smallest absolute Gasteiger partial charge is 0.253 e. The van der Waals surface area contributed by atoms with Crippen LogP contribution in [0, 0.1) is 0 Å². The van der Waals surface area contributed by atoms with Gasteiger partial charge in [0.05, 0.1) is 19.8 Å².